The molecule has 0 atom stereocenters. The highest BCUT2D eigenvalue weighted by Gasteiger charge is 2.34. The molecule has 0 saturated heterocycles. The maximum atomic E-state index is 7.14. The van der Waals surface area contributed by atoms with Crippen molar-refractivity contribution < 1.29 is 4.80 Å². The average Bonchev–Trinajstić information content (AvgIpc) is 2.12. The van der Waals surface area contributed by atoms with E-state index in [9.17, 15) is 0 Å². The van der Waals surface area contributed by atoms with Crippen molar-refractivity contribution in [2.24, 2.45) is 0 Å². The third kappa shape index (κ3) is 2.90. The third-order valence-corrected chi connectivity index (χ3v) is 2.94. The second-order valence-electron chi connectivity index (χ2n) is 2.79. The molecular weight excluding hydrogens is 176 g/mol. The first kappa shape index (κ1) is 12.2. The van der Waals surface area contributed by atoms with E-state index in [1.165, 1.54) is 20.4 Å². The molecule has 0 fully saturated rings. The maximum Gasteiger partial charge on any atom is 1.47 e. The molecule has 0 aliphatic rings. The van der Waals surface area contributed by atoms with E-state index in [-0.39, 0.29) is 0 Å². The van der Waals surface area contributed by atoms with Crippen LogP contribution >= 0.6 is 0 Å². The summed E-state index contributed by atoms with van der Waals surface area (Å²) in [6.45, 7) is 6.53. The van der Waals surface area contributed by atoms with Gasteiger partial charge in [0.1, 0.15) is 10.5 Å². The zero-order valence-corrected chi connectivity index (χ0v) is 11.7. The van der Waals surface area contributed by atoms with Crippen LogP contribution in [0.4, 0.5) is 0 Å². The van der Waals surface area contributed by atoms with Crippen molar-refractivity contribution in [2.45, 2.75) is 20.8 Å². The number of benzene rings is 1. The van der Waals surface area contributed by atoms with Gasteiger partial charge >= 0.3 is 25.4 Å². The van der Waals surface area contributed by atoms with Crippen LogP contribution in [-0.4, -0.2) is 37.0 Å². The van der Waals surface area contributed by atoms with Crippen LogP contribution in [0.5, 0.6) is 0 Å². The summed E-state index contributed by atoms with van der Waals surface area (Å²) in [6.07, 6.45) is 0. The Morgan fingerprint density at radius 1 is 1.08 bits per heavy atom. The summed E-state index contributed by atoms with van der Waals surface area (Å²) in [5.41, 5.74) is 4.28. The highest BCUT2D eigenvalue weighted by atomic mass is 28.2. The van der Waals surface area contributed by atoms with Gasteiger partial charge < -0.3 is 4.80 Å². The van der Waals surface area contributed by atoms with Gasteiger partial charge in [0, 0.05) is 11.6 Å². The average molecular weight is 192 g/mol. The molecule has 7 radical (unpaired) electrons. The van der Waals surface area contributed by atoms with Crippen LogP contribution < -0.4 is 3.69 Å². The maximum absolute atomic E-state index is 7.14. The lowest BCUT2D eigenvalue weighted by molar-refractivity contribution is 0.629. The Balaban J connectivity index is 0.000000561. The van der Waals surface area contributed by atoms with E-state index in [2.05, 4.69) is 32.9 Å². The second kappa shape index (κ2) is 5.75. The fraction of sp³-hybridized carbons (Fsp3) is 0.333. The number of rotatable bonds is 0. The van der Waals surface area contributed by atoms with Crippen LogP contribution in [-0.2, 0) is 0 Å². The van der Waals surface area contributed by atoms with E-state index < -0.39 is 0 Å². The lowest BCUT2D eigenvalue weighted by Gasteiger charge is -1.97. The molecule has 0 heterocycles. The van der Waals surface area contributed by atoms with Gasteiger partial charge in [-0.1, -0.05) is 6.07 Å². The van der Waals surface area contributed by atoms with Crippen molar-refractivity contribution in [2.75, 3.05) is 0 Å². The Morgan fingerprint density at radius 2 is 1.58 bits per heavy atom. The number of aryl methyl sites for hydroxylation is 1. The van der Waals surface area contributed by atoms with Crippen molar-refractivity contribution in [3.8, 4) is 0 Å². The topological polar surface area (TPSA) is 20.2 Å². The summed E-state index contributed by atoms with van der Waals surface area (Å²) in [6, 6.07) is 4.38. The Kier molecular flexibility index (Phi) is 5.83. The highest BCUT2D eigenvalue weighted by Crippen LogP contribution is 2.07. The van der Waals surface area contributed by atoms with Crippen molar-refractivity contribution >= 4 is 35.9 Å². The monoisotopic (exact) mass is 191 g/mol. The number of hydrogen-bond donors (Lipinski definition) is 1. The predicted octanol–water partition coefficient (Wildman–Crippen LogP) is -0.335. The summed E-state index contributed by atoms with van der Waals surface area (Å²) in [4.78, 5) is 7.14. The highest BCUT2D eigenvalue weighted by molar-refractivity contribution is 6.33. The lowest BCUT2D eigenvalue weighted by atomic mass is 10.1. The molecule has 1 nitrogen and oxygen atoms in total. The Labute approximate surface area is 90.2 Å². The van der Waals surface area contributed by atoms with Gasteiger partial charge in [0.2, 0.25) is 0 Å². The summed E-state index contributed by atoms with van der Waals surface area (Å²) >= 11 is 1.96. The minimum atomic E-state index is 0.306. The van der Waals surface area contributed by atoms with Gasteiger partial charge in [-0.05, 0) is 31.9 Å². The minimum Gasteiger partial charge on any atom is -0.442 e. The van der Waals surface area contributed by atoms with Gasteiger partial charge in [-0.3, -0.25) is 0 Å². The molecule has 0 amide bonds. The smallest absolute Gasteiger partial charge is 0.442 e. The largest absolute Gasteiger partial charge is 1.47 e. The molecule has 1 rings (SSSR count). The molecule has 0 aromatic heterocycles. The first-order valence-corrected chi connectivity index (χ1v) is 5.56. The molecule has 0 bridgehead atoms. The minimum absolute atomic E-state index is 0.306. The van der Waals surface area contributed by atoms with E-state index in [0.717, 1.165) is 0 Å². The summed E-state index contributed by atoms with van der Waals surface area (Å²) in [5.74, 6) is 0. The van der Waals surface area contributed by atoms with Gasteiger partial charge in [-0.25, -0.2) is 0 Å². The van der Waals surface area contributed by atoms with Gasteiger partial charge in [0.15, 0.2) is 0 Å². The first-order chi connectivity index (χ1) is 5.63. The lowest BCUT2D eigenvalue weighted by Crippen LogP contribution is -2.08. The van der Waals surface area contributed by atoms with Crippen LogP contribution in [0, 0.1) is 20.8 Å². The Bertz CT molecular complexity index is 234. The fourth-order valence-electron chi connectivity index (χ4n) is 1.01. The van der Waals surface area contributed by atoms with Crippen LogP contribution in [0.2, 0.25) is 0 Å². The van der Waals surface area contributed by atoms with Crippen molar-refractivity contribution in [3.63, 3.8) is 0 Å². The Hall–Kier alpha value is 0.163. The van der Waals surface area contributed by atoms with Gasteiger partial charge in [-0.15, -0.1) is 0 Å². The van der Waals surface area contributed by atoms with Crippen LogP contribution in [0.1, 0.15) is 16.7 Å². The SMILES string of the molecule is Cc1cc[c]([Mg+2])c(C)c1C.O[SiH3]. The van der Waals surface area contributed by atoms with Crippen molar-refractivity contribution in [1.82, 2.24) is 0 Å². The quantitative estimate of drug-likeness (QED) is 0.557. The van der Waals surface area contributed by atoms with E-state index in [1.807, 2.05) is 21.7 Å². The first-order valence-electron chi connectivity index (χ1n) is 3.96. The van der Waals surface area contributed by atoms with E-state index in [0.29, 0.717) is 10.5 Å². The fourth-order valence-corrected chi connectivity index (χ4v) is 1.40. The van der Waals surface area contributed by atoms with Gasteiger partial charge in [0.25, 0.3) is 0 Å². The summed E-state index contributed by atoms with van der Waals surface area (Å²) < 4.78 is 1.42. The summed E-state index contributed by atoms with van der Waals surface area (Å²) in [5, 5.41) is 0. The van der Waals surface area contributed by atoms with Crippen molar-refractivity contribution in [3.05, 3.63) is 28.8 Å². The van der Waals surface area contributed by atoms with Crippen LogP contribution in [0.15, 0.2) is 12.1 Å². The molecular formula is C9H15MgOSi+2. The molecule has 1 aromatic carbocycles. The molecule has 0 unspecified atom stereocenters. The molecule has 1 N–H and O–H groups in total. The van der Waals surface area contributed by atoms with E-state index in [1.54, 1.807) is 0 Å². The second-order valence-corrected chi connectivity index (χ2v) is 3.55. The molecule has 1 aromatic rings. The van der Waals surface area contributed by atoms with Crippen LogP contribution in [0.3, 0.4) is 0 Å². The molecule has 0 spiro atoms. The molecule has 0 aliphatic carbocycles. The zero-order chi connectivity index (χ0) is 9.72. The normalized spacial score (nSPS) is 9.08. The number of hydrogen-bond acceptors (Lipinski definition) is 1. The van der Waals surface area contributed by atoms with E-state index >= 15 is 0 Å². The predicted molar refractivity (Wildman–Crippen MR) is 58.2 cm³/mol. The van der Waals surface area contributed by atoms with E-state index in [4.69, 9.17) is 4.80 Å². The molecule has 0 aliphatic heterocycles. The Morgan fingerprint density at radius 3 is 2.00 bits per heavy atom. The van der Waals surface area contributed by atoms with Crippen molar-refractivity contribution in [1.29, 1.82) is 0 Å². The molecule has 3 heteroatoms. The standard InChI is InChI=1S/C9H11.Mg.H4OSi/c1-7-5-4-6-8(2)9(7)3;;1-2/h4-5H,1-3H3;;1H,2H3/q;+2;. The molecule has 0 saturated carbocycles. The van der Waals surface area contributed by atoms with Crippen LogP contribution in [0.25, 0.3) is 0 Å². The third-order valence-electron chi connectivity index (χ3n) is 2.17. The molecule has 61 valence electrons. The summed E-state index contributed by atoms with van der Waals surface area (Å²) in [7, 11) is 0.306. The zero-order valence-electron chi connectivity index (χ0n) is 8.31. The van der Waals surface area contributed by atoms with Gasteiger partial charge in [0.05, 0.1) is 0 Å². The van der Waals surface area contributed by atoms with Gasteiger partial charge in [-0.2, -0.15) is 0 Å². The molecule has 12 heavy (non-hydrogen) atoms.